The molecule has 1 aliphatic heterocycles. The summed E-state index contributed by atoms with van der Waals surface area (Å²) in [5.41, 5.74) is 6.16. The van der Waals surface area contributed by atoms with Gasteiger partial charge in [-0.2, -0.15) is 4.99 Å². The molecule has 0 atom stereocenters. The Balaban J connectivity index is 2.51. The summed E-state index contributed by atoms with van der Waals surface area (Å²) in [4.78, 5) is 15.7. The maximum atomic E-state index is 11.6. The Morgan fingerprint density at radius 2 is 1.75 bits per heavy atom. The number of rotatable bonds is 4. The third-order valence-electron chi connectivity index (χ3n) is 2.67. The van der Waals surface area contributed by atoms with E-state index < -0.39 is 0 Å². The fraction of sp³-hybridized carbons (Fsp3) is 0.231. The first-order valence-corrected chi connectivity index (χ1v) is 6.48. The van der Waals surface area contributed by atoms with Crippen molar-refractivity contribution < 1.29 is 19.0 Å². The second-order valence-electron chi connectivity index (χ2n) is 3.81. The Morgan fingerprint density at radius 1 is 1.15 bits per heavy atom. The lowest BCUT2D eigenvalue weighted by atomic mass is 10.1. The number of nitrogens with two attached hydrogens (primary N) is 1. The van der Waals surface area contributed by atoms with Crippen molar-refractivity contribution in [1.29, 1.82) is 0 Å². The molecule has 0 spiro atoms. The van der Waals surface area contributed by atoms with Crippen LogP contribution in [0.15, 0.2) is 22.0 Å². The highest BCUT2D eigenvalue weighted by molar-refractivity contribution is 8.18. The van der Waals surface area contributed by atoms with Crippen molar-refractivity contribution in [2.45, 2.75) is 0 Å². The fourth-order valence-electron chi connectivity index (χ4n) is 1.73. The Labute approximate surface area is 120 Å². The highest BCUT2D eigenvalue weighted by Crippen LogP contribution is 2.38. The van der Waals surface area contributed by atoms with Crippen molar-refractivity contribution >= 4 is 28.9 Å². The van der Waals surface area contributed by atoms with E-state index >= 15 is 0 Å². The van der Waals surface area contributed by atoms with Crippen LogP contribution in [0.5, 0.6) is 17.2 Å². The number of nitrogens with zero attached hydrogens (tertiary/aromatic N) is 1. The van der Waals surface area contributed by atoms with E-state index in [1.54, 1.807) is 25.3 Å². The number of benzene rings is 1. The quantitative estimate of drug-likeness (QED) is 0.850. The molecule has 0 aromatic heterocycles. The van der Waals surface area contributed by atoms with Gasteiger partial charge in [0.2, 0.25) is 0 Å². The van der Waals surface area contributed by atoms with Gasteiger partial charge >= 0.3 is 0 Å². The molecule has 0 unspecified atom stereocenters. The van der Waals surface area contributed by atoms with E-state index in [4.69, 9.17) is 19.9 Å². The number of hydrogen-bond donors (Lipinski definition) is 1. The van der Waals surface area contributed by atoms with E-state index in [2.05, 4.69) is 4.99 Å². The summed E-state index contributed by atoms with van der Waals surface area (Å²) in [6.45, 7) is 0. The SMILES string of the molecule is COc1cc(OC)c(/C=C2\SC(N)=NC2=O)c(OC)c1. The zero-order valence-corrected chi connectivity index (χ0v) is 12.1. The molecular weight excluding hydrogens is 280 g/mol. The molecule has 0 bridgehead atoms. The minimum Gasteiger partial charge on any atom is -0.496 e. The average Bonchev–Trinajstić information content (AvgIpc) is 2.76. The van der Waals surface area contributed by atoms with Gasteiger partial charge in [-0.1, -0.05) is 0 Å². The Bertz CT molecular complexity index is 585. The third-order valence-corrected chi connectivity index (χ3v) is 3.48. The maximum Gasteiger partial charge on any atom is 0.286 e. The van der Waals surface area contributed by atoms with Gasteiger partial charge in [-0.05, 0) is 17.8 Å². The third kappa shape index (κ3) is 2.72. The summed E-state index contributed by atoms with van der Waals surface area (Å²) < 4.78 is 15.8. The van der Waals surface area contributed by atoms with Gasteiger partial charge in [0.15, 0.2) is 5.17 Å². The van der Waals surface area contributed by atoms with E-state index in [-0.39, 0.29) is 11.1 Å². The molecule has 1 amide bonds. The summed E-state index contributed by atoms with van der Waals surface area (Å²) >= 11 is 1.11. The number of carbonyl (C=O) groups is 1. The van der Waals surface area contributed by atoms with Crippen molar-refractivity contribution in [3.05, 3.63) is 22.6 Å². The van der Waals surface area contributed by atoms with E-state index in [0.29, 0.717) is 27.7 Å². The number of carbonyl (C=O) groups excluding carboxylic acids is 1. The van der Waals surface area contributed by atoms with Crippen LogP contribution >= 0.6 is 11.8 Å². The molecule has 0 radical (unpaired) electrons. The highest BCUT2D eigenvalue weighted by atomic mass is 32.2. The lowest BCUT2D eigenvalue weighted by Crippen LogP contribution is -2.01. The largest absolute Gasteiger partial charge is 0.496 e. The zero-order chi connectivity index (χ0) is 14.7. The van der Waals surface area contributed by atoms with Crippen LogP contribution in [0.3, 0.4) is 0 Å². The van der Waals surface area contributed by atoms with Crippen molar-refractivity contribution in [3.8, 4) is 17.2 Å². The summed E-state index contributed by atoms with van der Waals surface area (Å²) in [7, 11) is 4.62. The second-order valence-corrected chi connectivity index (χ2v) is 4.87. The molecule has 20 heavy (non-hydrogen) atoms. The molecule has 0 aliphatic carbocycles. The molecule has 1 aromatic carbocycles. The number of hydrogen-bond acceptors (Lipinski definition) is 6. The summed E-state index contributed by atoms with van der Waals surface area (Å²) in [5, 5.41) is 0.229. The predicted molar refractivity (Wildman–Crippen MR) is 78.3 cm³/mol. The molecule has 0 saturated carbocycles. The smallest absolute Gasteiger partial charge is 0.286 e. The van der Waals surface area contributed by atoms with Crippen LogP contribution in [0.1, 0.15) is 5.56 Å². The molecule has 1 heterocycles. The number of methoxy groups -OCH3 is 3. The van der Waals surface area contributed by atoms with Gasteiger partial charge in [-0.15, -0.1) is 0 Å². The van der Waals surface area contributed by atoms with Crippen LogP contribution in [0.2, 0.25) is 0 Å². The molecule has 7 heteroatoms. The highest BCUT2D eigenvalue weighted by Gasteiger charge is 2.21. The number of amides is 1. The standard InChI is InChI=1S/C13H14N2O4S/c1-17-7-4-9(18-2)8(10(5-7)19-3)6-11-12(16)15-13(14)20-11/h4-6H,1-3H3,(H2,14,15,16)/b11-6-. The minimum atomic E-state index is -0.368. The monoisotopic (exact) mass is 294 g/mol. The summed E-state index contributed by atoms with van der Waals surface area (Å²) in [6, 6.07) is 3.42. The van der Waals surface area contributed by atoms with Crippen molar-refractivity contribution in [2.75, 3.05) is 21.3 Å². The van der Waals surface area contributed by atoms with Gasteiger partial charge in [-0.3, -0.25) is 4.79 Å². The van der Waals surface area contributed by atoms with Gasteiger partial charge in [0.25, 0.3) is 5.91 Å². The molecule has 0 fully saturated rings. The van der Waals surface area contributed by atoms with Crippen LogP contribution in [0.4, 0.5) is 0 Å². The van der Waals surface area contributed by atoms with Gasteiger partial charge in [0, 0.05) is 12.1 Å². The number of aliphatic imine (C=N–C) groups is 1. The fourth-order valence-corrected chi connectivity index (χ4v) is 2.40. The van der Waals surface area contributed by atoms with E-state index in [1.807, 2.05) is 0 Å². The van der Waals surface area contributed by atoms with Crippen LogP contribution in [-0.2, 0) is 4.79 Å². The normalized spacial score (nSPS) is 16.2. The number of ether oxygens (including phenoxy) is 3. The molecule has 1 aliphatic rings. The molecule has 2 rings (SSSR count). The van der Waals surface area contributed by atoms with Gasteiger partial charge in [0.05, 0.1) is 31.8 Å². The van der Waals surface area contributed by atoms with E-state index in [9.17, 15) is 4.79 Å². The van der Waals surface area contributed by atoms with E-state index in [1.165, 1.54) is 14.2 Å². The first-order valence-electron chi connectivity index (χ1n) is 5.67. The zero-order valence-electron chi connectivity index (χ0n) is 11.3. The first kappa shape index (κ1) is 14.3. The van der Waals surface area contributed by atoms with Crippen LogP contribution < -0.4 is 19.9 Å². The molecule has 0 saturated heterocycles. The first-order chi connectivity index (χ1) is 9.58. The molecular formula is C13H14N2O4S. The van der Waals surface area contributed by atoms with Crippen LogP contribution in [0.25, 0.3) is 6.08 Å². The van der Waals surface area contributed by atoms with Gasteiger partial charge in [-0.25, -0.2) is 0 Å². The lowest BCUT2D eigenvalue weighted by molar-refractivity contribution is -0.113. The Hall–Kier alpha value is -2.15. The molecule has 1 aromatic rings. The second kappa shape index (κ2) is 5.87. The molecule has 2 N–H and O–H groups in total. The van der Waals surface area contributed by atoms with Crippen molar-refractivity contribution in [2.24, 2.45) is 10.7 Å². The van der Waals surface area contributed by atoms with Crippen molar-refractivity contribution in [3.63, 3.8) is 0 Å². The maximum absolute atomic E-state index is 11.6. The number of thioether (sulfide) groups is 1. The Kier molecular flexibility index (Phi) is 4.19. The Morgan fingerprint density at radius 3 is 2.15 bits per heavy atom. The summed E-state index contributed by atoms with van der Waals surface area (Å²) in [5.74, 6) is 1.30. The topological polar surface area (TPSA) is 83.1 Å². The van der Waals surface area contributed by atoms with Gasteiger partial charge in [0.1, 0.15) is 17.2 Å². The van der Waals surface area contributed by atoms with Crippen molar-refractivity contribution in [1.82, 2.24) is 0 Å². The number of amidine groups is 1. The van der Waals surface area contributed by atoms with Crippen LogP contribution in [-0.4, -0.2) is 32.4 Å². The lowest BCUT2D eigenvalue weighted by Gasteiger charge is -2.12. The molecule has 106 valence electrons. The van der Waals surface area contributed by atoms with Gasteiger partial charge < -0.3 is 19.9 Å². The summed E-state index contributed by atoms with van der Waals surface area (Å²) in [6.07, 6.45) is 1.65. The minimum absolute atomic E-state index is 0.229. The van der Waals surface area contributed by atoms with E-state index in [0.717, 1.165) is 11.8 Å². The molecule has 6 nitrogen and oxygen atoms in total. The average molecular weight is 294 g/mol. The van der Waals surface area contributed by atoms with Crippen LogP contribution in [0, 0.1) is 0 Å². The predicted octanol–water partition coefficient (Wildman–Crippen LogP) is 1.64.